The monoisotopic (exact) mass is 267 g/mol. The molecule has 0 spiro atoms. The predicted octanol–water partition coefficient (Wildman–Crippen LogP) is 2.03. The number of hydrogen-bond acceptors (Lipinski definition) is 3. The highest BCUT2D eigenvalue weighted by atomic mass is 35.5. The zero-order valence-corrected chi connectivity index (χ0v) is 11.2. The van der Waals surface area contributed by atoms with Gasteiger partial charge in [-0.2, -0.15) is 0 Å². The van der Waals surface area contributed by atoms with Crippen LogP contribution >= 0.6 is 11.6 Å². The van der Waals surface area contributed by atoms with E-state index in [1.54, 1.807) is 7.05 Å². The number of piperidine rings is 1. The summed E-state index contributed by atoms with van der Waals surface area (Å²) in [4.78, 5) is 14.0. The molecule has 18 heavy (non-hydrogen) atoms. The molecule has 1 fully saturated rings. The van der Waals surface area contributed by atoms with Crippen molar-refractivity contribution in [2.45, 2.75) is 25.3 Å². The van der Waals surface area contributed by atoms with E-state index in [1.165, 1.54) is 0 Å². The Bertz CT molecular complexity index is 430. The molecular weight excluding hydrogens is 250 g/mol. The molecule has 1 saturated heterocycles. The average molecular weight is 268 g/mol. The smallest absolute Gasteiger partial charge is 0.242 e. The Morgan fingerprint density at radius 3 is 2.94 bits per heavy atom. The van der Waals surface area contributed by atoms with Crippen LogP contribution in [0.25, 0.3) is 0 Å². The minimum absolute atomic E-state index is 0.0222. The zero-order chi connectivity index (χ0) is 13.1. The van der Waals surface area contributed by atoms with E-state index in [4.69, 9.17) is 17.3 Å². The number of rotatable bonds is 2. The molecule has 1 amide bonds. The molecule has 98 valence electrons. The second-order valence-electron chi connectivity index (χ2n) is 4.50. The number of carbonyl (C=O) groups is 1. The molecule has 0 aliphatic carbocycles. The summed E-state index contributed by atoms with van der Waals surface area (Å²) in [6.07, 6.45) is 2.95. The summed E-state index contributed by atoms with van der Waals surface area (Å²) in [5.74, 6) is 0.0222. The number of hydrogen-bond donors (Lipinski definition) is 2. The largest absolute Gasteiger partial charge is 0.397 e. The van der Waals surface area contributed by atoms with E-state index < -0.39 is 0 Å². The number of nitrogens with zero attached hydrogens (tertiary/aromatic N) is 1. The minimum atomic E-state index is -0.175. The standard InChI is InChI=1S/C13H18ClN3O/c1-16-13(18)11-7-2-3-8-17(11)12-9(14)5-4-6-10(12)15/h4-6,11H,2-3,7-8,15H2,1H3,(H,16,18). The van der Waals surface area contributed by atoms with Crippen LogP contribution in [0.4, 0.5) is 11.4 Å². The number of likely N-dealkylation sites (N-methyl/N-ethyl adjacent to an activating group) is 1. The molecule has 1 aliphatic rings. The highest BCUT2D eigenvalue weighted by Crippen LogP contribution is 2.35. The third kappa shape index (κ3) is 2.38. The quantitative estimate of drug-likeness (QED) is 0.806. The summed E-state index contributed by atoms with van der Waals surface area (Å²) >= 11 is 6.22. The summed E-state index contributed by atoms with van der Waals surface area (Å²) in [6.45, 7) is 0.812. The Labute approximate surface area is 112 Å². The van der Waals surface area contributed by atoms with Gasteiger partial charge in [0.05, 0.1) is 16.4 Å². The number of para-hydroxylation sites is 1. The van der Waals surface area contributed by atoms with Crippen molar-refractivity contribution in [2.75, 3.05) is 24.2 Å². The van der Waals surface area contributed by atoms with Crippen LogP contribution in [0, 0.1) is 0 Å². The second kappa shape index (κ2) is 5.48. The zero-order valence-electron chi connectivity index (χ0n) is 10.4. The third-order valence-electron chi connectivity index (χ3n) is 3.36. The van der Waals surface area contributed by atoms with Crippen molar-refractivity contribution in [2.24, 2.45) is 0 Å². The van der Waals surface area contributed by atoms with Gasteiger partial charge in [0.15, 0.2) is 0 Å². The lowest BCUT2D eigenvalue weighted by molar-refractivity contribution is -0.122. The molecular formula is C13H18ClN3O. The van der Waals surface area contributed by atoms with E-state index in [0.29, 0.717) is 10.7 Å². The van der Waals surface area contributed by atoms with Crippen molar-refractivity contribution in [3.8, 4) is 0 Å². The van der Waals surface area contributed by atoms with Crippen LogP contribution in [-0.4, -0.2) is 25.5 Å². The van der Waals surface area contributed by atoms with Crippen LogP contribution in [0.3, 0.4) is 0 Å². The fourth-order valence-corrected chi connectivity index (χ4v) is 2.76. The highest BCUT2D eigenvalue weighted by Gasteiger charge is 2.30. The van der Waals surface area contributed by atoms with E-state index in [2.05, 4.69) is 5.32 Å². The Balaban J connectivity index is 2.37. The van der Waals surface area contributed by atoms with Crippen LogP contribution in [0.15, 0.2) is 18.2 Å². The number of halogens is 1. The lowest BCUT2D eigenvalue weighted by atomic mass is 10.00. The Kier molecular flexibility index (Phi) is 3.97. The van der Waals surface area contributed by atoms with Gasteiger partial charge in [0.1, 0.15) is 6.04 Å². The van der Waals surface area contributed by atoms with Crippen molar-refractivity contribution in [1.29, 1.82) is 0 Å². The molecule has 1 atom stereocenters. The Hall–Kier alpha value is -1.42. The predicted molar refractivity (Wildman–Crippen MR) is 74.9 cm³/mol. The maximum Gasteiger partial charge on any atom is 0.242 e. The van der Waals surface area contributed by atoms with Gasteiger partial charge in [-0.15, -0.1) is 0 Å². The maximum atomic E-state index is 11.9. The fraction of sp³-hybridized carbons (Fsp3) is 0.462. The minimum Gasteiger partial charge on any atom is -0.397 e. The number of benzene rings is 1. The van der Waals surface area contributed by atoms with Crippen molar-refractivity contribution in [3.63, 3.8) is 0 Å². The Morgan fingerprint density at radius 2 is 2.28 bits per heavy atom. The molecule has 5 heteroatoms. The van der Waals surface area contributed by atoms with Crippen molar-refractivity contribution < 1.29 is 4.79 Å². The van der Waals surface area contributed by atoms with Gasteiger partial charge in [0, 0.05) is 13.6 Å². The molecule has 1 aromatic rings. The first kappa shape index (κ1) is 13.0. The van der Waals surface area contributed by atoms with Gasteiger partial charge in [-0.05, 0) is 31.4 Å². The number of carbonyl (C=O) groups excluding carboxylic acids is 1. The molecule has 1 unspecified atom stereocenters. The van der Waals surface area contributed by atoms with E-state index >= 15 is 0 Å². The summed E-state index contributed by atoms with van der Waals surface area (Å²) in [5.41, 5.74) is 7.41. The van der Waals surface area contributed by atoms with Gasteiger partial charge >= 0.3 is 0 Å². The molecule has 1 aliphatic heterocycles. The van der Waals surface area contributed by atoms with Gasteiger partial charge in [-0.25, -0.2) is 0 Å². The van der Waals surface area contributed by atoms with Crippen molar-refractivity contribution >= 4 is 28.9 Å². The first-order valence-corrected chi connectivity index (χ1v) is 6.55. The van der Waals surface area contributed by atoms with Crippen LogP contribution in [0.1, 0.15) is 19.3 Å². The molecule has 0 bridgehead atoms. The summed E-state index contributed by atoms with van der Waals surface area (Å²) in [7, 11) is 1.66. The first-order chi connectivity index (χ1) is 8.65. The van der Waals surface area contributed by atoms with Crippen molar-refractivity contribution in [1.82, 2.24) is 5.32 Å². The van der Waals surface area contributed by atoms with Crippen LogP contribution in [0.2, 0.25) is 5.02 Å². The molecule has 0 aromatic heterocycles. The number of nitrogen functional groups attached to an aromatic ring is 1. The van der Waals surface area contributed by atoms with Crippen LogP contribution in [0.5, 0.6) is 0 Å². The number of nitrogens with one attached hydrogen (secondary N) is 1. The SMILES string of the molecule is CNC(=O)C1CCCCN1c1c(N)cccc1Cl. The van der Waals surface area contributed by atoms with E-state index in [-0.39, 0.29) is 11.9 Å². The molecule has 1 aromatic carbocycles. The number of nitrogens with two attached hydrogens (primary N) is 1. The topological polar surface area (TPSA) is 58.4 Å². The van der Waals surface area contributed by atoms with Gasteiger partial charge in [0.25, 0.3) is 0 Å². The molecule has 1 heterocycles. The van der Waals surface area contributed by atoms with Crippen molar-refractivity contribution in [3.05, 3.63) is 23.2 Å². The molecule has 0 radical (unpaired) electrons. The van der Waals surface area contributed by atoms with Crippen LogP contribution in [-0.2, 0) is 4.79 Å². The maximum absolute atomic E-state index is 11.9. The van der Waals surface area contributed by atoms with E-state index in [0.717, 1.165) is 31.5 Å². The van der Waals surface area contributed by atoms with Gasteiger partial charge in [0.2, 0.25) is 5.91 Å². The molecule has 2 rings (SSSR count). The lowest BCUT2D eigenvalue weighted by Crippen LogP contribution is -2.49. The van der Waals surface area contributed by atoms with Gasteiger partial charge in [-0.3, -0.25) is 4.79 Å². The third-order valence-corrected chi connectivity index (χ3v) is 3.66. The normalized spacial score (nSPS) is 19.7. The van der Waals surface area contributed by atoms with Crippen LogP contribution < -0.4 is 16.0 Å². The first-order valence-electron chi connectivity index (χ1n) is 6.17. The fourth-order valence-electron chi connectivity index (χ4n) is 2.47. The average Bonchev–Trinajstić information content (AvgIpc) is 2.38. The van der Waals surface area contributed by atoms with E-state index in [1.807, 2.05) is 23.1 Å². The number of anilines is 2. The number of amides is 1. The summed E-state index contributed by atoms with van der Waals surface area (Å²) in [5, 5.41) is 3.31. The van der Waals surface area contributed by atoms with Gasteiger partial charge in [-0.1, -0.05) is 17.7 Å². The highest BCUT2D eigenvalue weighted by molar-refractivity contribution is 6.34. The summed E-state index contributed by atoms with van der Waals surface area (Å²) in [6, 6.07) is 5.27. The van der Waals surface area contributed by atoms with E-state index in [9.17, 15) is 4.79 Å². The second-order valence-corrected chi connectivity index (χ2v) is 4.90. The Morgan fingerprint density at radius 1 is 1.50 bits per heavy atom. The summed E-state index contributed by atoms with van der Waals surface area (Å²) < 4.78 is 0. The molecule has 0 saturated carbocycles. The lowest BCUT2D eigenvalue weighted by Gasteiger charge is -2.37. The molecule has 3 N–H and O–H groups in total. The van der Waals surface area contributed by atoms with Gasteiger partial charge < -0.3 is 16.0 Å². The molecule has 4 nitrogen and oxygen atoms in total.